The molecule has 2 saturated heterocycles. The summed E-state index contributed by atoms with van der Waals surface area (Å²) in [5.41, 5.74) is 0.0855. The van der Waals surface area contributed by atoms with Crippen LogP contribution in [0.1, 0.15) is 59.3 Å². The Balaban J connectivity index is 1.82. The summed E-state index contributed by atoms with van der Waals surface area (Å²) in [5.74, 6) is -1.10. The SMILES string of the molecule is C=C1CC[C@H]2CC[C@@]34O[C@]3(C2(C)C)[C@](O)(C/C(C)=C/C(=O)C1)O[C@@H]4OC. The number of hydrogen-bond donors (Lipinski definition) is 1. The van der Waals surface area contributed by atoms with Crippen LogP contribution >= 0.6 is 0 Å². The number of allylic oxidation sites excluding steroid dienone is 2. The van der Waals surface area contributed by atoms with Gasteiger partial charge in [0.15, 0.2) is 23.3 Å². The van der Waals surface area contributed by atoms with Gasteiger partial charge in [0.25, 0.3) is 0 Å². The fourth-order valence-corrected chi connectivity index (χ4v) is 6.17. The van der Waals surface area contributed by atoms with E-state index >= 15 is 0 Å². The molecule has 5 nitrogen and oxygen atoms in total. The highest BCUT2D eigenvalue weighted by Crippen LogP contribution is 2.77. The molecule has 0 unspecified atom stereocenters. The van der Waals surface area contributed by atoms with Crippen LogP contribution in [0.4, 0.5) is 0 Å². The molecule has 0 aromatic heterocycles. The van der Waals surface area contributed by atoms with Crippen molar-refractivity contribution in [3.05, 3.63) is 23.8 Å². The largest absolute Gasteiger partial charge is 0.363 e. The summed E-state index contributed by atoms with van der Waals surface area (Å²) in [6, 6.07) is 0. The Morgan fingerprint density at radius 1 is 1.35 bits per heavy atom. The third-order valence-electron chi connectivity index (χ3n) is 7.33. The number of methoxy groups -OCH3 is 1. The Kier molecular flexibility index (Phi) is 3.89. The molecule has 2 heterocycles. The Hall–Kier alpha value is -1.01. The van der Waals surface area contributed by atoms with E-state index in [0.717, 1.165) is 36.8 Å². The highest BCUT2D eigenvalue weighted by molar-refractivity contribution is 5.91. The zero-order valence-electron chi connectivity index (χ0n) is 16.3. The summed E-state index contributed by atoms with van der Waals surface area (Å²) in [5, 5.41) is 11.7. The molecule has 1 N–H and O–H groups in total. The van der Waals surface area contributed by atoms with Gasteiger partial charge >= 0.3 is 0 Å². The van der Waals surface area contributed by atoms with Gasteiger partial charge < -0.3 is 19.3 Å². The minimum Gasteiger partial charge on any atom is -0.363 e. The zero-order valence-corrected chi connectivity index (χ0v) is 16.3. The highest BCUT2D eigenvalue weighted by Gasteiger charge is 2.93. The summed E-state index contributed by atoms with van der Waals surface area (Å²) in [4.78, 5) is 12.3. The van der Waals surface area contributed by atoms with Crippen LogP contribution in [0.15, 0.2) is 23.8 Å². The second-order valence-electron chi connectivity index (χ2n) is 9.20. The van der Waals surface area contributed by atoms with E-state index in [1.165, 1.54) is 0 Å². The molecule has 0 amide bonds. The number of rotatable bonds is 1. The lowest BCUT2D eigenvalue weighted by Crippen LogP contribution is -2.59. The van der Waals surface area contributed by atoms with Crippen LogP contribution in [-0.4, -0.2) is 41.3 Å². The van der Waals surface area contributed by atoms with Gasteiger partial charge in [-0.2, -0.15) is 0 Å². The van der Waals surface area contributed by atoms with Gasteiger partial charge in [0.2, 0.25) is 5.79 Å². The minimum atomic E-state index is -1.49. The zero-order chi connectivity index (χ0) is 19.0. The van der Waals surface area contributed by atoms with Crippen molar-refractivity contribution < 1.29 is 24.1 Å². The molecule has 0 radical (unpaired) electrons. The van der Waals surface area contributed by atoms with Crippen molar-refractivity contribution in [3.8, 4) is 0 Å². The van der Waals surface area contributed by atoms with Crippen molar-refractivity contribution in [1.29, 1.82) is 0 Å². The van der Waals surface area contributed by atoms with Crippen molar-refractivity contribution in [1.82, 2.24) is 0 Å². The van der Waals surface area contributed by atoms with Gasteiger partial charge in [0, 0.05) is 25.4 Å². The van der Waals surface area contributed by atoms with Crippen LogP contribution in [0.25, 0.3) is 0 Å². The van der Waals surface area contributed by atoms with Crippen molar-refractivity contribution in [3.63, 3.8) is 0 Å². The van der Waals surface area contributed by atoms with E-state index in [9.17, 15) is 9.90 Å². The van der Waals surface area contributed by atoms with E-state index in [1.807, 2.05) is 6.92 Å². The first-order valence-electron chi connectivity index (χ1n) is 9.62. The maximum absolute atomic E-state index is 12.3. The predicted octanol–water partition coefficient (Wildman–Crippen LogP) is 3.27. The average molecular weight is 362 g/mol. The third-order valence-corrected chi connectivity index (χ3v) is 7.33. The second-order valence-corrected chi connectivity index (χ2v) is 9.20. The van der Waals surface area contributed by atoms with E-state index in [2.05, 4.69) is 20.4 Å². The summed E-state index contributed by atoms with van der Waals surface area (Å²) in [6.07, 6.45) is 5.21. The number of ketones is 1. The topological polar surface area (TPSA) is 68.3 Å². The molecule has 4 rings (SSSR count). The highest BCUT2D eigenvalue weighted by atomic mass is 16.8. The van der Waals surface area contributed by atoms with Crippen LogP contribution in [0.2, 0.25) is 0 Å². The number of ether oxygens (including phenoxy) is 3. The number of carbonyl (C=O) groups is 1. The lowest BCUT2D eigenvalue weighted by Gasteiger charge is -2.47. The number of aliphatic hydroxyl groups is 1. The van der Waals surface area contributed by atoms with E-state index in [4.69, 9.17) is 14.2 Å². The Bertz CT molecular complexity index is 695. The molecular formula is C21H30O5. The van der Waals surface area contributed by atoms with Crippen molar-refractivity contribution in [2.45, 2.75) is 82.6 Å². The Labute approximate surface area is 155 Å². The number of hydrogen-bond acceptors (Lipinski definition) is 5. The van der Waals surface area contributed by atoms with Crippen LogP contribution < -0.4 is 0 Å². The van der Waals surface area contributed by atoms with Gasteiger partial charge in [0.1, 0.15) is 0 Å². The standard InChI is InChI=1S/C21H30O5/c1-13-6-7-15-8-9-19-17(24-5)25-20(23,12-14(2)11-16(22)10-13)21(19,26-19)18(15,3)4/h11,15,17,23H,1,6-10,12H2,2-5H3/b14-11+/t15-,17-,19-,20-,21-/m0/s1. The molecule has 0 aromatic carbocycles. The molecule has 4 aliphatic rings. The minimum absolute atomic E-state index is 0.0304. The lowest BCUT2D eigenvalue weighted by atomic mass is 9.54. The van der Waals surface area contributed by atoms with Gasteiger partial charge in [-0.05, 0) is 44.6 Å². The molecule has 144 valence electrons. The summed E-state index contributed by atoms with van der Waals surface area (Å²) in [6.45, 7) is 10.3. The monoisotopic (exact) mass is 362 g/mol. The average Bonchev–Trinajstić information content (AvgIpc) is 3.19. The molecule has 5 heteroatoms. The molecule has 5 atom stereocenters. The second kappa shape index (κ2) is 5.51. The van der Waals surface area contributed by atoms with Crippen LogP contribution in [-0.2, 0) is 19.0 Å². The van der Waals surface area contributed by atoms with Crippen LogP contribution in [0, 0.1) is 11.3 Å². The number of fused-ring (bicyclic) bond motifs is 1. The fourth-order valence-electron chi connectivity index (χ4n) is 6.17. The van der Waals surface area contributed by atoms with Gasteiger partial charge in [0.05, 0.1) is 0 Å². The summed E-state index contributed by atoms with van der Waals surface area (Å²) >= 11 is 0. The van der Waals surface area contributed by atoms with Gasteiger partial charge in [-0.15, -0.1) is 0 Å². The van der Waals surface area contributed by atoms with Gasteiger partial charge in [-0.1, -0.05) is 31.6 Å². The normalized spacial score (nSPS) is 49.5. The van der Waals surface area contributed by atoms with Gasteiger partial charge in [-0.3, -0.25) is 4.79 Å². The van der Waals surface area contributed by atoms with Crippen LogP contribution in [0.3, 0.4) is 0 Å². The maximum atomic E-state index is 12.3. The first kappa shape index (κ1) is 18.4. The predicted molar refractivity (Wildman–Crippen MR) is 96.3 cm³/mol. The molecule has 2 bridgehead atoms. The molecule has 0 aromatic rings. The van der Waals surface area contributed by atoms with Gasteiger partial charge in [-0.25, -0.2) is 0 Å². The molecule has 2 aliphatic carbocycles. The van der Waals surface area contributed by atoms with Crippen molar-refractivity contribution in [2.24, 2.45) is 11.3 Å². The molecule has 1 saturated carbocycles. The number of carbonyl (C=O) groups excluding carboxylic acids is 1. The Morgan fingerprint density at radius 3 is 2.77 bits per heavy atom. The van der Waals surface area contributed by atoms with E-state index in [-0.39, 0.29) is 17.6 Å². The molecular weight excluding hydrogens is 332 g/mol. The quantitative estimate of drug-likeness (QED) is 0.573. The first-order valence-corrected chi connectivity index (χ1v) is 9.62. The molecule has 3 fully saturated rings. The lowest BCUT2D eigenvalue weighted by molar-refractivity contribution is -0.312. The van der Waals surface area contributed by atoms with E-state index in [0.29, 0.717) is 12.3 Å². The van der Waals surface area contributed by atoms with E-state index in [1.54, 1.807) is 13.2 Å². The molecule has 2 aliphatic heterocycles. The summed E-state index contributed by atoms with van der Waals surface area (Å²) < 4.78 is 18.1. The molecule has 1 spiro atoms. The smallest absolute Gasteiger partial charge is 0.205 e. The Morgan fingerprint density at radius 2 is 2.08 bits per heavy atom. The van der Waals surface area contributed by atoms with Crippen molar-refractivity contribution >= 4 is 5.78 Å². The maximum Gasteiger partial charge on any atom is 0.205 e. The molecule has 26 heavy (non-hydrogen) atoms. The van der Waals surface area contributed by atoms with Crippen molar-refractivity contribution in [2.75, 3.05) is 7.11 Å². The third kappa shape index (κ3) is 2.09. The fraction of sp³-hybridized carbons (Fsp3) is 0.762. The van der Waals surface area contributed by atoms with Crippen LogP contribution in [0.5, 0.6) is 0 Å². The summed E-state index contributed by atoms with van der Waals surface area (Å²) in [7, 11) is 1.60. The van der Waals surface area contributed by atoms with E-state index < -0.39 is 23.3 Å². The first-order chi connectivity index (χ1) is 12.1. The number of epoxide rings is 1.